The molecule has 1 nitrogen and oxygen atoms in total. The molecule has 0 unspecified atom stereocenters. The number of benzene rings is 3. The van der Waals surface area contributed by atoms with E-state index in [-0.39, 0.29) is 0 Å². The van der Waals surface area contributed by atoms with Gasteiger partial charge in [-0.15, -0.1) is 35.3 Å². The minimum Gasteiger partial charge on any atom is -0.307 e. The molecule has 0 spiro atoms. The van der Waals surface area contributed by atoms with Crippen LogP contribution in [0.25, 0.3) is 0 Å². The largest absolute Gasteiger partial charge is 0.307 e. The molecule has 3 aromatic carbocycles. The van der Waals surface area contributed by atoms with Gasteiger partial charge in [-0.2, -0.15) is 0 Å². The normalized spacial score (nSPS) is 11.0. The summed E-state index contributed by atoms with van der Waals surface area (Å²) in [5.74, 6) is 3.46. The molecule has 0 amide bonds. The van der Waals surface area contributed by atoms with Crippen LogP contribution in [0.3, 0.4) is 0 Å². The Morgan fingerprint density at radius 1 is 0.471 bits per heavy atom. The van der Waals surface area contributed by atoms with Gasteiger partial charge in [0.1, 0.15) is 0 Å². The van der Waals surface area contributed by atoms with Gasteiger partial charge in [0.2, 0.25) is 0 Å². The van der Waals surface area contributed by atoms with Crippen molar-refractivity contribution in [2.24, 2.45) is 0 Å². The van der Waals surface area contributed by atoms with E-state index >= 15 is 0 Å². The summed E-state index contributed by atoms with van der Waals surface area (Å²) in [5.41, 5.74) is 3.86. The molecule has 0 bridgehead atoms. The lowest BCUT2D eigenvalue weighted by atomic mass is 10.2. The van der Waals surface area contributed by atoms with E-state index in [1.165, 1.54) is 70.3 Å². The van der Waals surface area contributed by atoms with Crippen molar-refractivity contribution in [3.63, 3.8) is 0 Å². The number of thioether (sulfide) groups is 3. The molecule has 0 saturated carbocycles. The minimum atomic E-state index is 1.15. The number of anilines is 3. The lowest BCUT2D eigenvalue weighted by molar-refractivity contribution is 0.895. The average molecular weight is 510 g/mol. The lowest BCUT2D eigenvalue weighted by Gasteiger charge is -2.30. The molecular formula is C30H39NS3. The van der Waals surface area contributed by atoms with E-state index in [1.54, 1.807) is 0 Å². The Hall–Kier alpha value is -1.49. The minimum absolute atomic E-state index is 1.15. The third kappa shape index (κ3) is 7.76. The lowest BCUT2D eigenvalue weighted by Crippen LogP contribution is -2.13. The third-order valence-electron chi connectivity index (χ3n) is 5.58. The van der Waals surface area contributed by atoms with Crippen LogP contribution >= 0.6 is 35.3 Å². The van der Waals surface area contributed by atoms with Gasteiger partial charge in [-0.05, 0) is 72.9 Å². The molecule has 0 atom stereocenters. The third-order valence-corrected chi connectivity index (χ3v) is 9.03. The summed E-state index contributed by atoms with van der Waals surface area (Å²) in [7, 11) is 0. The van der Waals surface area contributed by atoms with Crippen molar-refractivity contribution in [3.05, 3.63) is 72.8 Å². The molecule has 3 rings (SSSR count). The smallest absolute Gasteiger partial charge is 0.0598 e. The Morgan fingerprint density at radius 3 is 1.06 bits per heavy atom. The van der Waals surface area contributed by atoms with Crippen molar-refractivity contribution in [2.75, 3.05) is 22.2 Å². The van der Waals surface area contributed by atoms with E-state index in [0.717, 1.165) is 17.3 Å². The summed E-state index contributed by atoms with van der Waals surface area (Å²) < 4.78 is 0. The van der Waals surface area contributed by atoms with E-state index < -0.39 is 0 Å². The Morgan fingerprint density at radius 2 is 0.765 bits per heavy atom. The van der Waals surface area contributed by atoms with E-state index in [4.69, 9.17) is 0 Å². The average Bonchev–Trinajstić information content (AvgIpc) is 2.87. The van der Waals surface area contributed by atoms with Gasteiger partial charge < -0.3 is 4.90 Å². The highest BCUT2D eigenvalue weighted by atomic mass is 32.2. The molecule has 0 heterocycles. The first-order chi connectivity index (χ1) is 16.8. The molecule has 0 N–H and O–H groups in total. The predicted octanol–water partition coefficient (Wildman–Crippen LogP) is 10.8. The SMILES string of the molecule is CCCCSc1ccccc1N(c1ccccc1SCCCC)c1ccccc1SCCCC. The predicted molar refractivity (Wildman–Crippen MR) is 158 cm³/mol. The van der Waals surface area contributed by atoms with Crippen molar-refractivity contribution in [1.82, 2.24) is 0 Å². The fourth-order valence-corrected chi connectivity index (χ4v) is 7.07. The summed E-state index contributed by atoms with van der Waals surface area (Å²) in [6.45, 7) is 6.81. The fourth-order valence-electron chi connectivity index (χ4n) is 3.66. The second kappa shape index (κ2) is 15.5. The number of unbranched alkanes of at least 4 members (excludes halogenated alkanes) is 3. The number of rotatable bonds is 15. The second-order valence-corrected chi connectivity index (χ2v) is 11.8. The highest BCUT2D eigenvalue weighted by molar-refractivity contribution is 8.00. The van der Waals surface area contributed by atoms with Crippen LogP contribution in [-0.4, -0.2) is 17.3 Å². The summed E-state index contributed by atoms with van der Waals surface area (Å²) in [6, 6.07) is 26.9. The quantitative estimate of drug-likeness (QED) is 0.148. The van der Waals surface area contributed by atoms with Gasteiger partial charge in [0.15, 0.2) is 0 Å². The van der Waals surface area contributed by atoms with E-state index in [1.807, 2.05) is 35.3 Å². The maximum absolute atomic E-state index is 2.52. The molecule has 0 aliphatic carbocycles. The molecular weight excluding hydrogens is 471 g/mol. The van der Waals surface area contributed by atoms with Gasteiger partial charge in [-0.1, -0.05) is 76.4 Å². The second-order valence-electron chi connectivity index (χ2n) is 8.34. The van der Waals surface area contributed by atoms with Crippen LogP contribution in [0.1, 0.15) is 59.3 Å². The number of para-hydroxylation sites is 3. The van der Waals surface area contributed by atoms with Gasteiger partial charge in [0.05, 0.1) is 17.1 Å². The van der Waals surface area contributed by atoms with E-state index in [2.05, 4.69) is 98.5 Å². The van der Waals surface area contributed by atoms with E-state index in [9.17, 15) is 0 Å². The van der Waals surface area contributed by atoms with Gasteiger partial charge in [-0.25, -0.2) is 0 Å². The van der Waals surface area contributed by atoms with Gasteiger partial charge in [0.25, 0.3) is 0 Å². The first kappa shape index (κ1) is 27.1. The zero-order chi connectivity index (χ0) is 24.0. The van der Waals surface area contributed by atoms with Gasteiger partial charge in [0, 0.05) is 14.7 Å². The van der Waals surface area contributed by atoms with Crippen LogP contribution in [0.15, 0.2) is 87.5 Å². The van der Waals surface area contributed by atoms with Gasteiger partial charge in [-0.3, -0.25) is 0 Å². The first-order valence-corrected chi connectivity index (χ1v) is 15.7. The van der Waals surface area contributed by atoms with Crippen molar-refractivity contribution in [1.29, 1.82) is 0 Å². The fraction of sp³-hybridized carbons (Fsp3) is 0.400. The zero-order valence-electron chi connectivity index (χ0n) is 21.0. The van der Waals surface area contributed by atoms with Crippen molar-refractivity contribution in [3.8, 4) is 0 Å². The zero-order valence-corrected chi connectivity index (χ0v) is 23.4. The van der Waals surface area contributed by atoms with Crippen LogP contribution < -0.4 is 4.90 Å². The van der Waals surface area contributed by atoms with Crippen molar-refractivity contribution < 1.29 is 0 Å². The molecule has 34 heavy (non-hydrogen) atoms. The highest BCUT2D eigenvalue weighted by Gasteiger charge is 2.21. The van der Waals surface area contributed by atoms with Crippen LogP contribution in [0.2, 0.25) is 0 Å². The standard InChI is InChI=1S/C30H39NS3/c1-4-7-22-32-28-19-13-10-16-25(28)31(26-17-11-14-20-29(26)33-23-8-5-2)27-18-12-15-21-30(27)34-24-9-6-3/h10-21H,4-9,22-24H2,1-3H3. The maximum Gasteiger partial charge on any atom is 0.0598 e. The Balaban J connectivity index is 2.11. The topological polar surface area (TPSA) is 3.24 Å². The molecule has 182 valence electrons. The van der Waals surface area contributed by atoms with Crippen LogP contribution in [0.4, 0.5) is 17.1 Å². The highest BCUT2D eigenvalue weighted by Crippen LogP contribution is 2.47. The molecule has 4 heteroatoms. The Labute approximate surface area is 220 Å². The summed E-state index contributed by atoms with van der Waals surface area (Å²) in [4.78, 5) is 6.60. The summed E-state index contributed by atoms with van der Waals surface area (Å²) in [5, 5.41) is 0. The van der Waals surface area contributed by atoms with Crippen LogP contribution in [0.5, 0.6) is 0 Å². The molecule has 0 radical (unpaired) electrons. The summed E-state index contributed by atoms with van der Waals surface area (Å²) >= 11 is 5.97. The van der Waals surface area contributed by atoms with Crippen LogP contribution in [0, 0.1) is 0 Å². The monoisotopic (exact) mass is 509 g/mol. The Bertz CT molecular complexity index is 861. The summed E-state index contributed by atoms with van der Waals surface area (Å²) in [6.07, 6.45) is 7.41. The number of hydrogen-bond acceptors (Lipinski definition) is 4. The molecule has 0 aliphatic heterocycles. The molecule has 0 saturated heterocycles. The van der Waals surface area contributed by atoms with Crippen LogP contribution in [-0.2, 0) is 0 Å². The first-order valence-electron chi connectivity index (χ1n) is 12.8. The van der Waals surface area contributed by atoms with E-state index in [0.29, 0.717) is 0 Å². The van der Waals surface area contributed by atoms with Gasteiger partial charge >= 0.3 is 0 Å². The molecule has 0 fully saturated rings. The van der Waals surface area contributed by atoms with Crippen molar-refractivity contribution >= 4 is 52.3 Å². The molecule has 3 aromatic rings. The molecule has 0 aromatic heterocycles. The molecule has 0 aliphatic rings. The van der Waals surface area contributed by atoms with Crippen molar-refractivity contribution in [2.45, 2.75) is 74.0 Å². The number of nitrogens with zero attached hydrogens (tertiary/aromatic N) is 1. The number of hydrogen-bond donors (Lipinski definition) is 0. The Kier molecular flexibility index (Phi) is 12.4. The maximum atomic E-state index is 2.52.